The quantitative estimate of drug-likeness (QED) is 0.639. The predicted molar refractivity (Wildman–Crippen MR) is 82.1 cm³/mol. The molecule has 1 saturated heterocycles. The molecule has 0 spiro atoms. The van der Waals surface area contributed by atoms with Gasteiger partial charge >= 0.3 is 5.97 Å². The zero-order chi connectivity index (χ0) is 15.6. The van der Waals surface area contributed by atoms with Gasteiger partial charge in [-0.05, 0) is 31.0 Å². The Morgan fingerprint density at radius 1 is 1.38 bits per heavy atom. The van der Waals surface area contributed by atoms with Gasteiger partial charge in [0.15, 0.2) is 0 Å². The fourth-order valence-corrected chi connectivity index (χ4v) is 4.49. The van der Waals surface area contributed by atoms with E-state index in [-0.39, 0.29) is 35.6 Å². The van der Waals surface area contributed by atoms with Gasteiger partial charge in [0, 0.05) is 17.6 Å². The van der Waals surface area contributed by atoms with Crippen LogP contribution in [0.5, 0.6) is 0 Å². The summed E-state index contributed by atoms with van der Waals surface area (Å²) in [5.74, 6) is -0.518. The summed E-state index contributed by atoms with van der Waals surface area (Å²) < 4.78 is 31.9. The van der Waals surface area contributed by atoms with E-state index in [1.807, 2.05) is 0 Å². The summed E-state index contributed by atoms with van der Waals surface area (Å²) in [5, 5.41) is 0. The summed E-state index contributed by atoms with van der Waals surface area (Å²) in [7, 11) is -2.30. The number of hydrogen-bond acceptors (Lipinski definition) is 5. The molecule has 0 amide bonds. The Labute approximate surface area is 132 Å². The van der Waals surface area contributed by atoms with Crippen molar-refractivity contribution in [2.24, 2.45) is 5.92 Å². The van der Waals surface area contributed by atoms with Gasteiger partial charge in [0.25, 0.3) is 0 Å². The van der Waals surface area contributed by atoms with E-state index in [0.29, 0.717) is 17.3 Å². The summed E-state index contributed by atoms with van der Waals surface area (Å²) >= 11 is 3.25. The molecule has 1 aliphatic rings. The van der Waals surface area contributed by atoms with Crippen LogP contribution in [0.3, 0.4) is 0 Å². The number of nitrogens with zero attached hydrogens (tertiary/aromatic N) is 1. The highest BCUT2D eigenvalue weighted by Gasteiger charge is 2.33. The minimum Gasteiger partial charge on any atom is -0.469 e. The highest BCUT2D eigenvalue weighted by Crippen LogP contribution is 2.29. The van der Waals surface area contributed by atoms with E-state index in [1.165, 1.54) is 17.5 Å². The van der Waals surface area contributed by atoms with Gasteiger partial charge in [0.05, 0.1) is 18.7 Å². The Bertz CT molecular complexity index is 640. The minimum absolute atomic E-state index is 0.0911. The van der Waals surface area contributed by atoms with Crippen LogP contribution in [0.1, 0.15) is 12.8 Å². The summed E-state index contributed by atoms with van der Waals surface area (Å²) in [5.41, 5.74) is 5.99. The Hall–Kier alpha value is -1.12. The van der Waals surface area contributed by atoms with Crippen LogP contribution in [0.15, 0.2) is 27.6 Å². The molecule has 1 fully saturated rings. The molecule has 6 nitrogen and oxygen atoms in total. The van der Waals surface area contributed by atoms with E-state index < -0.39 is 10.0 Å². The fourth-order valence-electron chi connectivity index (χ4n) is 2.37. The molecule has 0 radical (unpaired) electrons. The molecule has 0 saturated carbocycles. The lowest BCUT2D eigenvalue weighted by Gasteiger charge is -2.30. The molecule has 2 N–H and O–H groups in total. The molecule has 2 rings (SSSR count). The minimum atomic E-state index is -3.64. The van der Waals surface area contributed by atoms with Crippen molar-refractivity contribution in [2.45, 2.75) is 17.7 Å². The maximum Gasteiger partial charge on any atom is 0.308 e. The number of carbonyl (C=O) groups excluding carboxylic acids is 1. The van der Waals surface area contributed by atoms with E-state index in [9.17, 15) is 13.2 Å². The lowest BCUT2D eigenvalue weighted by atomic mass is 9.99. The monoisotopic (exact) mass is 376 g/mol. The highest BCUT2D eigenvalue weighted by molar-refractivity contribution is 9.10. The third-order valence-corrected chi connectivity index (χ3v) is 6.03. The van der Waals surface area contributed by atoms with Crippen molar-refractivity contribution in [3.63, 3.8) is 0 Å². The number of ether oxygens (including phenoxy) is 1. The number of rotatable bonds is 3. The van der Waals surface area contributed by atoms with Gasteiger partial charge in [0.2, 0.25) is 10.0 Å². The van der Waals surface area contributed by atoms with Gasteiger partial charge in [0.1, 0.15) is 4.90 Å². The van der Waals surface area contributed by atoms with Crippen LogP contribution in [0.25, 0.3) is 0 Å². The number of carbonyl (C=O) groups is 1. The fraction of sp³-hybridized carbons (Fsp3) is 0.462. The summed E-state index contributed by atoms with van der Waals surface area (Å²) in [6, 6.07) is 4.74. The van der Waals surface area contributed by atoms with Gasteiger partial charge in [-0.15, -0.1) is 0 Å². The van der Waals surface area contributed by atoms with E-state index in [1.54, 1.807) is 12.1 Å². The van der Waals surface area contributed by atoms with Crippen molar-refractivity contribution in [3.05, 3.63) is 22.7 Å². The molecule has 0 unspecified atom stereocenters. The van der Waals surface area contributed by atoms with E-state index in [4.69, 9.17) is 10.5 Å². The second-order valence-electron chi connectivity index (χ2n) is 4.88. The number of methoxy groups -OCH3 is 1. The second-order valence-corrected chi connectivity index (χ2v) is 7.71. The predicted octanol–water partition coefficient (Wildman–Crippen LogP) is 1.60. The van der Waals surface area contributed by atoms with Gasteiger partial charge in [-0.25, -0.2) is 8.42 Å². The Kier molecular flexibility index (Phi) is 4.90. The topological polar surface area (TPSA) is 89.7 Å². The molecule has 1 aliphatic heterocycles. The van der Waals surface area contributed by atoms with Crippen molar-refractivity contribution >= 4 is 37.6 Å². The van der Waals surface area contributed by atoms with E-state index in [2.05, 4.69) is 15.9 Å². The molecule has 0 aliphatic carbocycles. The van der Waals surface area contributed by atoms with Crippen molar-refractivity contribution < 1.29 is 17.9 Å². The molecule has 1 aromatic rings. The van der Waals surface area contributed by atoms with Crippen LogP contribution in [0.4, 0.5) is 5.69 Å². The van der Waals surface area contributed by atoms with E-state index in [0.717, 1.165) is 0 Å². The number of piperidine rings is 1. The molecule has 0 atom stereocenters. The number of anilines is 1. The maximum atomic E-state index is 12.6. The molecule has 1 aromatic carbocycles. The van der Waals surface area contributed by atoms with Crippen molar-refractivity contribution in [1.82, 2.24) is 4.31 Å². The van der Waals surface area contributed by atoms with Gasteiger partial charge < -0.3 is 10.5 Å². The first kappa shape index (κ1) is 16.3. The first-order valence-electron chi connectivity index (χ1n) is 6.49. The molecule has 8 heteroatoms. The molecule has 0 aromatic heterocycles. The van der Waals surface area contributed by atoms with Crippen LogP contribution in [-0.4, -0.2) is 38.9 Å². The number of benzene rings is 1. The van der Waals surface area contributed by atoms with Gasteiger partial charge in [-0.2, -0.15) is 4.31 Å². The summed E-state index contributed by atoms with van der Waals surface area (Å²) in [6.07, 6.45) is 0.916. The standard InChI is InChI=1S/C13H17BrN2O4S/c1-20-13(17)9-4-6-16(7-5-9)21(18,19)12-8-10(14)2-3-11(12)15/h2-3,8-9H,4-7,15H2,1H3. The lowest BCUT2D eigenvalue weighted by molar-refractivity contribution is -0.146. The number of nitrogen functional groups attached to an aromatic ring is 1. The largest absolute Gasteiger partial charge is 0.469 e. The number of sulfonamides is 1. The first-order chi connectivity index (χ1) is 9.86. The van der Waals surface area contributed by atoms with Crippen LogP contribution >= 0.6 is 15.9 Å². The molecular formula is C13H17BrN2O4S. The smallest absolute Gasteiger partial charge is 0.308 e. The third-order valence-electron chi connectivity index (χ3n) is 3.58. The first-order valence-corrected chi connectivity index (χ1v) is 8.72. The highest BCUT2D eigenvalue weighted by atomic mass is 79.9. The van der Waals surface area contributed by atoms with Crippen molar-refractivity contribution in [2.75, 3.05) is 25.9 Å². The SMILES string of the molecule is COC(=O)C1CCN(S(=O)(=O)c2cc(Br)ccc2N)CC1. The number of esters is 1. The Balaban J connectivity index is 2.19. The van der Waals surface area contributed by atoms with Crippen LogP contribution in [0.2, 0.25) is 0 Å². The van der Waals surface area contributed by atoms with Crippen LogP contribution in [0, 0.1) is 5.92 Å². The number of halogens is 1. The number of hydrogen-bond donors (Lipinski definition) is 1. The number of nitrogens with two attached hydrogens (primary N) is 1. The van der Waals surface area contributed by atoms with Crippen LogP contribution in [-0.2, 0) is 19.6 Å². The summed E-state index contributed by atoms with van der Waals surface area (Å²) in [4.78, 5) is 11.6. The Morgan fingerprint density at radius 2 is 2.00 bits per heavy atom. The average Bonchev–Trinajstić information content (AvgIpc) is 2.49. The van der Waals surface area contributed by atoms with E-state index >= 15 is 0 Å². The average molecular weight is 377 g/mol. The zero-order valence-electron chi connectivity index (χ0n) is 11.6. The summed E-state index contributed by atoms with van der Waals surface area (Å²) in [6.45, 7) is 0.572. The van der Waals surface area contributed by atoms with Gasteiger partial charge in [-0.1, -0.05) is 15.9 Å². The molecular weight excluding hydrogens is 360 g/mol. The molecule has 1 heterocycles. The second kappa shape index (κ2) is 6.33. The zero-order valence-corrected chi connectivity index (χ0v) is 14.0. The normalized spacial score (nSPS) is 17.6. The Morgan fingerprint density at radius 3 is 2.57 bits per heavy atom. The third kappa shape index (κ3) is 3.38. The van der Waals surface area contributed by atoms with Gasteiger partial charge in [-0.3, -0.25) is 4.79 Å². The lowest BCUT2D eigenvalue weighted by Crippen LogP contribution is -2.40. The van der Waals surface area contributed by atoms with Crippen LogP contribution < -0.4 is 5.73 Å². The van der Waals surface area contributed by atoms with Crippen molar-refractivity contribution in [1.29, 1.82) is 0 Å². The molecule has 21 heavy (non-hydrogen) atoms. The maximum absolute atomic E-state index is 12.6. The molecule has 116 valence electrons. The molecule has 0 bridgehead atoms. The van der Waals surface area contributed by atoms with Crippen molar-refractivity contribution in [3.8, 4) is 0 Å².